The highest BCUT2D eigenvalue weighted by Gasteiger charge is 2.26. The van der Waals surface area contributed by atoms with E-state index in [9.17, 15) is 8.42 Å². The molecule has 216 valence electrons. The zero-order valence-corrected chi connectivity index (χ0v) is 25.2. The highest BCUT2D eigenvalue weighted by Crippen LogP contribution is 2.26. The lowest BCUT2D eigenvalue weighted by Gasteiger charge is -2.35. The van der Waals surface area contributed by atoms with E-state index in [0.29, 0.717) is 5.75 Å². The fourth-order valence-corrected chi connectivity index (χ4v) is 7.11. The van der Waals surface area contributed by atoms with Crippen LogP contribution < -0.4 is 4.72 Å². The van der Waals surface area contributed by atoms with Crippen molar-refractivity contribution in [3.05, 3.63) is 59.1 Å². The normalized spacial score (nSPS) is 17.1. The Labute approximate surface area is 242 Å². The molecule has 0 unspecified atom stereocenters. The number of rotatable bonds is 18. The number of piperazine rings is 1. The SMILES string of the molecule is O=S(=O)(CCCCCCCCCCCCN1CCN(Cc2ccccc2-c2ccc(Cl)cc2)CC1)NC1CC1. The van der Waals surface area contributed by atoms with Crippen molar-refractivity contribution in [1.82, 2.24) is 14.5 Å². The van der Waals surface area contributed by atoms with Gasteiger partial charge < -0.3 is 4.90 Å². The Morgan fingerprint density at radius 3 is 1.92 bits per heavy atom. The molecule has 0 amide bonds. The largest absolute Gasteiger partial charge is 0.301 e. The Hall–Kier alpha value is -1.44. The van der Waals surface area contributed by atoms with E-state index in [4.69, 9.17) is 11.6 Å². The Bertz CT molecular complexity index is 1080. The number of benzene rings is 2. The molecule has 1 saturated carbocycles. The minimum atomic E-state index is -3.02. The molecule has 2 fully saturated rings. The van der Waals surface area contributed by atoms with Crippen molar-refractivity contribution in [2.24, 2.45) is 0 Å². The predicted molar refractivity (Wildman–Crippen MR) is 165 cm³/mol. The Kier molecular flexibility index (Phi) is 12.6. The molecule has 1 aliphatic heterocycles. The molecule has 0 bridgehead atoms. The summed E-state index contributed by atoms with van der Waals surface area (Å²) >= 11 is 6.09. The van der Waals surface area contributed by atoms with Gasteiger partial charge in [-0.05, 0) is 61.1 Å². The van der Waals surface area contributed by atoms with Crippen LogP contribution in [-0.4, -0.2) is 62.7 Å². The first-order chi connectivity index (χ1) is 19.0. The Morgan fingerprint density at radius 2 is 1.28 bits per heavy atom. The highest BCUT2D eigenvalue weighted by atomic mass is 35.5. The average Bonchev–Trinajstić information content (AvgIpc) is 3.74. The third-order valence-corrected chi connectivity index (χ3v) is 9.86. The summed E-state index contributed by atoms with van der Waals surface area (Å²) < 4.78 is 26.5. The van der Waals surface area contributed by atoms with Crippen LogP contribution in [0.25, 0.3) is 11.1 Å². The fourth-order valence-electron chi connectivity index (χ4n) is 5.54. The number of halogens is 1. The molecule has 0 aromatic heterocycles. The molecule has 1 aliphatic carbocycles. The zero-order chi connectivity index (χ0) is 27.3. The predicted octanol–water partition coefficient (Wildman–Crippen LogP) is 7.11. The van der Waals surface area contributed by atoms with Gasteiger partial charge in [0.25, 0.3) is 0 Å². The molecular weight excluding hydrogens is 526 g/mol. The van der Waals surface area contributed by atoms with Gasteiger partial charge in [0.15, 0.2) is 0 Å². The van der Waals surface area contributed by atoms with Crippen molar-refractivity contribution in [2.75, 3.05) is 38.5 Å². The van der Waals surface area contributed by atoms with Gasteiger partial charge >= 0.3 is 0 Å². The van der Waals surface area contributed by atoms with Crippen LogP contribution in [0.5, 0.6) is 0 Å². The van der Waals surface area contributed by atoms with Gasteiger partial charge in [-0.3, -0.25) is 4.90 Å². The van der Waals surface area contributed by atoms with Crippen molar-refractivity contribution < 1.29 is 8.42 Å². The third kappa shape index (κ3) is 11.5. The number of nitrogens with zero attached hydrogens (tertiary/aromatic N) is 2. The molecular formula is C32H48ClN3O2S. The van der Waals surface area contributed by atoms with Crippen LogP contribution in [0.4, 0.5) is 0 Å². The summed E-state index contributed by atoms with van der Waals surface area (Å²) in [6, 6.07) is 17.2. The van der Waals surface area contributed by atoms with Crippen molar-refractivity contribution >= 4 is 21.6 Å². The fraction of sp³-hybridized carbons (Fsp3) is 0.625. The van der Waals surface area contributed by atoms with Gasteiger partial charge in [0.2, 0.25) is 10.0 Å². The summed E-state index contributed by atoms with van der Waals surface area (Å²) in [7, 11) is -3.02. The summed E-state index contributed by atoms with van der Waals surface area (Å²) in [4.78, 5) is 5.23. The van der Waals surface area contributed by atoms with E-state index in [1.54, 1.807) is 0 Å². The molecule has 4 rings (SSSR count). The van der Waals surface area contributed by atoms with Gasteiger partial charge in [-0.15, -0.1) is 0 Å². The summed E-state index contributed by atoms with van der Waals surface area (Å²) in [6.45, 7) is 6.84. The van der Waals surface area contributed by atoms with Crippen LogP contribution in [0.3, 0.4) is 0 Å². The number of hydrogen-bond acceptors (Lipinski definition) is 4. The van der Waals surface area contributed by atoms with Gasteiger partial charge in [0.1, 0.15) is 0 Å². The maximum atomic E-state index is 11.9. The van der Waals surface area contributed by atoms with Crippen LogP contribution in [0.1, 0.15) is 82.6 Å². The maximum absolute atomic E-state index is 11.9. The molecule has 2 aromatic rings. The molecule has 1 saturated heterocycles. The van der Waals surface area contributed by atoms with Gasteiger partial charge in [-0.1, -0.05) is 99.4 Å². The van der Waals surface area contributed by atoms with E-state index < -0.39 is 10.0 Å². The number of nitrogens with one attached hydrogen (secondary N) is 1. The van der Waals surface area contributed by atoms with Crippen molar-refractivity contribution in [2.45, 2.75) is 89.6 Å². The zero-order valence-electron chi connectivity index (χ0n) is 23.6. The number of hydrogen-bond donors (Lipinski definition) is 1. The van der Waals surface area contributed by atoms with Crippen LogP contribution >= 0.6 is 11.6 Å². The molecule has 1 heterocycles. The number of sulfonamides is 1. The molecule has 0 spiro atoms. The van der Waals surface area contributed by atoms with Gasteiger partial charge in [0.05, 0.1) is 5.75 Å². The third-order valence-electron chi connectivity index (χ3n) is 8.09. The molecule has 2 aliphatic rings. The highest BCUT2D eigenvalue weighted by molar-refractivity contribution is 7.89. The van der Waals surface area contributed by atoms with Gasteiger partial charge in [-0.2, -0.15) is 0 Å². The first kappa shape index (κ1) is 30.5. The summed E-state index contributed by atoms with van der Waals surface area (Å²) in [5.74, 6) is 0.302. The lowest BCUT2D eigenvalue weighted by atomic mass is 9.99. The minimum absolute atomic E-state index is 0.237. The summed E-state index contributed by atoms with van der Waals surface area (Å²) in [5, 5.41) is 0.781. The van der Waals surface area contributed by atoms with E-state index in [-0.39, 0.29) is 6.04 Å². The monoisotopic (exact) mass is 573 g/mol. The first-order valence-corrected chi connectivity index (χ1v) is 17.3. The minimum Gasteiger partial charge on any atom is -0.301 e. The smallest absolute Gasteiger partial charge is 0.211 e. The van der Waals surface area contributed by atoms with Crippen molar-refractivity contribution in [3.8, 4) is 11.1 Å². The molecule has 39 heavy (non-hydrogen) atoms. The van der Waals surface area contributed by atoms with Crippen molar-refractivity contribution in [3.63, 3.8) is 0 Å². The van der Waals surface area contributed by atoms with Crippen LogP contribution in [0.15, 0.2) is 48.5 Å². The summed E-state index contributed by atoms with van der Waals surface area (Å²) in [6.07, 6.45) is 14.2. The molecule has 7 heteroatoms. The average molecular weight is 574 g/mol. The van der Waals surface area contributed by atoms with Gasteiger partial charge in [0, 0.05) is 43.8 Å². The second-order valence-corrected chi connectivity index (χ2v) is 13.8. The van der Waals surface area contributed by atoms with Crippen LogP contribution in [0.2, 0.25) is 5.02 Å². The standard InChI is InChI=1S/C32H48ClN3O2S/c33-30-17-15-28(16-18-30)32-14-10-9-13-29(32)27-36-24-22-35(23-25-36)21-11-7-5-3-1-2-4-6-8-12-26-39(37,38)34-31-19-20-31/h9-10,13-18,31,34H,1-8,11-12,19-27H2. The maximum Gasteiger partial charge on any atom is 0.211 e. The lowest BCUT2D eigenvalue weighted by Crippen LogP contribution is -2.46. The Morgan fingerprint density at radius 1 is 0.718 bits per heavy atom. The molecule has 5 nitrogen and oxygen atoms in total. The van der Waals surface area contributed by atoms with E-state index >= 15 is 0 Å². The lowest BCUT2D eigenvalue weighted by molar-refractivity contribution is 0.125. The van der Waals surface area contributed by atoms with Gasteiger partial charge in [-0.25, -0.2) is 13.1 Å². The molecule has 2 aromatic carbocycles. The molecule has 1 N–H and O–H groups in total. The molecule has 0 atom stereocenters. The summed E-state index contributed by atoms with van der Waals surface area (Å²) in [5.41, 5.74) is 3.93. The van der Waals surface area contributed by atoms with Crippen LogP contribution in [-0.2, 0) is 16.6 Å². The van der Waals surface area contributed by atoms with Crippen molar-refractivity contribution in [1.29, 1.82) is 0 Å². The second-order valence-electron chi connectivity index (χ2n) is 11.5. The van der Waals surface area contributed by atoms with E-state index in [1.165, 1.54) is 81.3 Å². The van der Waals surface area contributed by atoms with E-state index in [2.05, 4.69) is 50.9 Å². The van der Waals surface area contributed by atoms with E-state index in [0.717, 1.165) is 56.8 Å². The number of unbranched alkanes of at least 4 members (excludes halogenated alkanes) is 9. The quantitative estimate of drug-likeness (QED) is 0.193. The van der Waals surface area contributed by atoms with Crippen LogP contribution in [0, 0.1) is 0 Å². The topological polar surface area (TPSA) is 52.7 Å². The first-order valence-electron chi connectivity index (χ1n) is 15.3. The second kappa shape index (κ2) is 16.1. The molecule has 0 radical (unpaired) electrons. The Balaban J connectivity index is 0.989. The van der Waals surface area contributed by atoms with E-state index in [1.807, 2.05) is 12.1 Å².